The summed E-state index contributed by atoms with van der Waals surface area (Å²) in [6, 6.07) is 3.35. The Bertz CT molecular complexity index is 273. The molecular weight excluding hydrogens is 162 g/mol. The number of halogens is 1. The lowest BCUT2D eigenvalue weighted by atomic mass is 10.4. The summed E-state index contributed by atoms with van der Waals surface area (Å²) in [5.74, 6) is 0.227. The molecule has 0 fully saturated rings. The van der Waals surface area contributed by atoms with E-state index in [1.54, 1.807) is 22.9 Å². The maximum absolute atomic E-state index is 9.03. The molecular formula is C8H9ClNO+. The highest BCUT2D eigenvalue weighted by Gasteiger charge is 2.01. The molecule has 2 nitrogen and oxygen atoms in total. The van der Waals surface area contributed by atoms with Crippen LogP contribution in [-0.2, 0) is 6.54 Å². The first kappa shape index (κ1) is 8.08. The molecule has 1 N–H and O–H groups in total. The Morgan fingerprint density at radius 3 is 3.00 bits per heavy atom. The zero-order valence-electron chi connectivity index (χ0n) is 6.00. The van der Waals surface area contributed by atoms with Gasteiger partial charge in [0, 0.05) is 6.07 Å². The summed E-state index contributed by atoms with van der Waals surface area (Å²) in [6.45, 7) is 4.07. The molecule has 0 saturated carbocycles. The summed E-state index contributed by atoms with van der Waals surface area (Å²) in [5.41, 5.74) is 0. The molecule has 0 radical (unpaired) electrons. The van der Waals surface area contributed by atoms with Crippen molar-refractivity contribution in [1.29, 1.82) is 0 Å². The van der Waals surface area contributed by atoms with Crippen LogP contribution in [-0.4, -0.2) is 5.11 Å². The molecule has 0 unspecified atom stereocenters. The van der Waals surface area contributed by atoms with Gasteiger partial charge in [0.25, 0.3) is 0 Å². The highest BCUT2D eigenvalue weighted by Crippen LogP contribution is 2.02. The van der Waals surface area contributed by atoms with Crippen LogP contribution in [0.2, 0.25) is 0 Å². The van der Waals surface area contributed by atoms with E-state index in [-0.39, 0.29) is 5.75 Å². The molecule has 1 heterocycles. The minimum absolute atomic E-state index is 0.227. The number of pyridine rings is 1. The number of nitrogens with zero attached hydrogens (tertiary/aromatic N) is 1. The SMILES string of the molecule is C=C(Cl)C[n+]1cccc(O)c1. The van der Waals surface area contributed by atoms with Gasteiger partial charge in [-0.1, -0.05) is 18.2 Å². The molecule has 3 heteroatoms. The summed E-state index contributed by atoms with van der Waals surface area (Å²) in [7, 11) is 0. The normalized spacial score (nSPS) is 9.55. The Balaban J connectivity index is 2.79. The summed E-state index contributed by atoms with van der Waals surface area (Å²) in [6.07, 6.45) is 3.40. The van der Waals surface area contributed by atoms with Gasteiger partial charge in [0.15, 0.2) is 18.5 Å². The van der Waals surface area contributed by atoms with Gasteiger partial charge in [0.05, 0.1) is 5.03 Å². The smallest absolute Gasteiger partial charge is 0.211 e. The van der Waals surface area contributed by atoms with Crippen LogP contribution in [0.4, 0.5) is 0 Å². The first-order valence-electron chi connectivity index (χ1n) is 3.20. The quantitative estimate of drug-likeness (QED) is 0.668. The molecule has 11 heavy (non-hydrogen) atoms. The molecule has 0 aliphatic rings. The second-order valence-electron chi connectivity index (χ2n) is 2.25. The largest absolute Gasteiger partial charge is 0.503 e. The van der Waals surface area contributed by atoms with Crippen LogP contribution >= 0.6 is 11.6 Å². The third kappa shape index (κ3) is 2.60. The third-order valence-corrected chi connectivity index (χ3v) is 1.32. The van der Waals surface area contributed by atoms with Gasteiger partial charge in [-0.15, -0.1) is 0 Å². The van der Waals surface area contributed by atoms with Crippen molar-refractivity contribution in [3.05, 3.63) is 36.1 Å². The Hall–Kier alpha value is -1.02. The first-order chi connectivity index (χ1) is 5.18. The van der Waals surface area contributed by atoms with E-state index in [2.05, 4.69) is 6.58 Å². The molecule has 1 aromatic rings. The fourth-order valence-electron chi connectivity index (χ4n) is 0.805. The van der Waals surface area contributed by atoms with Gasteiger partial charge in [-0.25, -0.2) is 0 Å². The number of rotatable bonds is 2. The average molecular weight is 171 g/mol. The lowest BCUT2D eigenvalue weighted by Crippen LogP contribution is -2.32. The van der Waals surface area contributed by atoms with E-state index < -0.39 is 0 Å². The average Bonchev–Trinajstić information content (AvgIpc) is 1.85. The van der Waals surface area contributed by atoms with Crippen LogP contribution in [0, 0.1) is 0 Å². The van der Waals surface area contributed by atoms with E-state index in [9.17, 15) is 0 Å². The minimum atomic E-state index is 0.227. The number of hydrogen-bond acceptors (Lipinski definition) is 1. The van der Waals surface area contributed by atoms with Crippen LogP contribution in [0.1, 0.15) is 0 Å². The van der Waals surface area contributed by atoms with Crippen molar-refractivity contribution in [1.82, 2.24) is 0 Å². The van der Waals surface area contributed by atoms with E-state index in [0.717, 1.165) is 0 Å². The Morgan fingerprint density at radius 1 is 1.73 bits per heavy atom. The summed E-state index contributed by atoms with van der Waals surface area (Å²) in [5, 5.41) is 9.57. The van der Waals surface area contributed by atoms with Crippen molar-refractivity contribution in [3.63, 3.8) is 0 Å². The van der Waals surface area contributed by atoms with E-state index in [4.69, 9.17) is 16.7 Å². The molecule has 0 aliphatic heterocycles. The predicted octanol–water partition coefficient (Wildman–Crippen LogP) is 1.43. The highest BCUT2D eigenvalue weighted by molar-refractivity contribution is 6.29. The molecule has 1 aromatic heterocycles. The van der Waals surface area contributed by atoms with Crippen LogP contribution in [0.25, 0.3) is 0 Å². The molecule has 0 spiro atoms. The maximum Gasteiger partial charge on any atom is 0.211 e. The van der Waals surface area contributed by atoms with Crippen molar-refractivity contribution >= 4 is 11.6 Å². The molecule has 58 valence electrons. The lowest BCUT2D eigenvalue weighted by Gasteiger charge is -1.93. The Kier molecular flexibility index (Phi) is 2.49. The van der Waals surface area contributed by atoms with Crippen molar-refractivity contribution in [2.24, 2.45) is 0 Å². The van der Waals surface area contributed by atoms with Gasteiger partial charge in [0.2, 0.25) is 6.20 Å². The van der Waals surface area contributed by atoms with Gasteiger partial charge >= 0.3 is 0 Å². The number of aromatic hydroxyl groups is 1. The van der Waals surface area contributed by atoms with Crippen LogP contribution < -0.4 is 4.57 Å². The number of aromatic nitrogens is 1. The van der Waals surface area contributed by atoms with Crippen LogP contribution in [0.3, 0.4) is 0 Å². The molecule has 0 atom stereocenters. The van der Waals surface area contributed by atoms with E-state index >= 15 is 0 Å². The minimum Gasteiger partial charge on any atom is -0.503 e. The maximum atomic E-state index is 9.03. The molecule has 0 aromatic carbocycles. The number of allylic oxidation sites excluding steroid dienone is 1. The van der Waals surface area contributed by atoms with E-state index in [0.29, 0.717) is 11.6 Å². The molecule has 0 bridgehead atoms. The third-order valence-electron chi connectivity index (χ3n) is 1.20. The summed E-state index contributed by atoms with van der Waals surface area (Å²) < 4.78 is 1.75. The zero-order valence-corrected chi connectivity index (χ0v) is 6.75. The zero-order chi connectivity index (χ0) is 8.27. The second kappa shape index (κ2) is 3.39. The fourth-order valence-corrected chi connectivity index (χ4v) is 0.943. The second-order valence-corrected chi connectivity index (χ2v) is 2.79. The molecule has 0 aliphatic carbocycles. The fraction of sp³-hybridized carbons (Fsp3) is 0.125. The van der Waals surface area contributed by atoms with Gasteiger partial charge in [-0.2, -0.15) is 4.57 Å². The monoisotopic (exact) mass is 170 g/mol. The first-order valence-corrected chi connectivity index (χ1v) is 3.57. The topological polar surface area (TPSA) is 24.1 Å². The summed E-state index contributed by atoms with van der Waals surface area (Å²) in [4.78, 5) is 0. The van der Waals surface area contributed by atoms with Gasteiger partial charge in [-0.3, -0.25) is 0 Å². The van der Waals surface area contributed by atoms with Gasteiger partial charge < -0.3 is 5.11 Å². The Labute approximate surface area is 70.4 Å². The van der Waals surface area contributed by atoms with E-state index in [1.165, 1.54) is 0 Å². The van der Waals surface area contributed by atoms with Gasteiger partial charge in [-0.05, 0) is 6.07 Å². The van der Waals surface area contributed by atoms with Crippen molar-refractivity contribution < 1.29 is 9.67 Å². The van der Waals surface area contributed by atoms with Crippen molar-refractivity contribution in [2.75, 3.05) is 0 Å². The van der Waals surface area contributed by atoms with Gasteiger partial charge in [0.1, 0.15) is 0 Å². The summed E-state index contributed by atoms with van der Waals surface area (Å²) >= 11 is 5.57. The Morgan fingerprint density at radius 2 is 2.45 bits per heavy atom. The van der Waals surface area contributed by atoms with E-state index in [1.807, 2.05) is 6.20 Å². The van der Waals surface area contributed by atoms with Crippen LogP contribution in [0.15, 0.2) is 36.1 Å². The van der Waals surface area contributed by atoms with Crippen molar-refractivity contribution in [3.8, 4) is 5.75 Å². The standard InChI is InChI=1S/C8H8ClNO/c1-7(9)5-10-4-2-3-8(11)6-10/h2-4,6H,1,5H2/p+1. The number of hydrogen-bond donors (Lipinski definition) is 1. The molecule has 0 saturated heterocycles. The molecule has 1 rings (SSSR count). The highest BCUT2D eigenvalue weighted by atomic mass is 35.5. The lowest BCUT2D eigenvalue weighted by molar-refractivity contribution is -0.688. The van der Waals surface area contributed by atoms with Crippen LogP contribution in [0.5, 0.6) is 5.75 Å². The predicted molar refractivity (Wildman–Crippen MR) is 43.3 cm³/mol. The van der Waals surface area contributed by atoms with Crippen molar-refractivity contribution in [2.45, 2.75) is 6.54 Å². The molecule has 0 amide bonds.